The average molecular weight is 198 g/mol. The van der Waals surface area contributed by atoms with Crippen LogP contribution in [0.5, 0.6) is 0 Å². The Morgan fingerprint density at radius 1 is 1.36 bits per heavy atom. The number of Topliss-reactive ketones (excluding diaryl/α,β-unsaturated/α-hetero) is 1. The minimum absolute atomic E-state index is 0.0303. The number of methoxy groups -OCH3 is 1. The van der Waals surface area contributed by atoms with E-state index >= 15 is 0 Å². The topological polar surface area (TPSA) is 43.4 Å². The molecule has 0 amide bonds. The Morgan fingerprint density at radius 3 is 2.14 bits per heavy atom. The van der Waals surface area contributed by atoms with Crippen LogP contribution in [0.3, 0.4) is 0 Å². The Kier molecular flexibility index (Phi) is 3.29. The molecule has 0 N–H and O–H groups in total. The van der Waals surface area contributed by atoms with E-state index in [-0.39, 0.29) is 23.6 Å². The Hall–Kier alpha value is -0.860. The van der Waals surface area contributed by atoms with E-state index in [4.69, 9.17) is 0 Å². The summed E-state index contributed by atoms with van der Waals surface area (Å²) in [6.07, 6.45) is 0.930. The normalized spacial score (nSPS) is 27.2. The summed E-state index contributed by atoms with van der Waals surface area (Å²) in [7, 11) is 1.33. The molecule has 1 aliphatic carbocycles. The van der Waals surface area contributed by atoms with Crippen molar-refractivity contribution in [3.63, 3.8) is 0 Å². The molecule has 1 fully saturated rings. The predicted octanol–water partition coefficient (Wildman–Crippen LogP) is 1.66. The summed E-state index contributed by atoms with van der Waals surface area (Å²) in [4.78, 5) is 23.2. The Morgan fingerprint density at radius 2 is 1.86 bits per heavy atom. The number of hydrogen-bond acceptors (Lipinski definition) is 3. The van der Waals surface area contributed by atoms with Gasteiger partial charge in [0.05, 0.1) is 7.11 Å². The molecule has 0 bridgehead atoms. The van der Waals surface area contributed by atoms with Gasteiger partial charge in [0.1, 0.15) is 5.92 Å². The molecule has 0 heterocycles. The van der Waals surface area contributed by atoms with Gasteiger partial charge in [0.25, 0.3) is 0 Å². The fraction of sp³-hybridized carbons (Fsp3) is 0.818. The zero-order valence-corrected chi connectivity index (χ0v) is 9.24. The predicted molar refractivity (Wildman–Crippen MR) is 52.6 cm³/mol. The lowest BCUT2D eigenvalue weighted by Crippen LogP contribution is -2.31. The molecule has 3 heteroatoms. The van der Waals surface area contributed by atoms with Gasteiger partial charge in [0.15, 0.2) is 5.78 Å². The number of ketones is 1. The number of carbonyl (C=O) groups excluding carboxylic acids is 2. The highest BCUT2D eigenvalue weighted by molar-refractivity contribution is 6.01. The van der Waals surface area contributed by atoms with Crippen LogP contribution in [0.15, 0.2) is 0 Å². The van der Waals surface area contributed by atoms with Crippen LogP contribution in [0.2, 0.25) is 0 Å². The van der Waals surface area contributed by atoms with Crippen LogP contribution in [0.25, 0.3) is 0 Å². The summed E-state index contributed by atoms with van der Waals surface area (Å²) in [6.45, 7) is 5.80. The van der Waals surface area contributed by atoms with Crippen molar-refractivity contribution in [3.8, 4) is 0 Å². The van der Waals surface area contributed by atoms with E-state index in [2.05, 4.69) is 4.74 Å². The van der Waals surface area contributed by atoms with Crippen molar-refractivity contribution in [2.24, 2.45) is 23.7 Å². The van der Waals surface area contributed by atoms with Crippen molar-refractivity contribution in [2.75, 3.05) is 7.11 Å². The van der Waals surface area contributed by atoms with Crippen LogP contribution < -0.4 is 0 Å². The molecule has 0 aromatic heterocycles. The molecule has 3 atom stereocenters. The van der Waals surface area contributed by atoms with E-state index in [1.165, 1.54) is 7.11 Å². The van der Waals surface area contributed by atoms with Crippen LogP contribution in [0, 0.1) is 23.7 Å². The first-order valence-corrected chi connectivity index (χ1v) is 5.10. The van der Waals surface area contributed by atoms with Gasteiger partial charge in [-0.1, -0.05) is 20.8 Å². The summed E-state index contributed by atoms with van der Waals surface area (Å²) in [6, 6.07) is 0. The van der Waals surface area contributed by atoms with E-state index < -0.39 is 5.92 Å². The zero-order valence-electron chi connectivity index (χ0n) is 9.24. The highest BCUT2D eigenvalue weighted by Gasteiger charge is 2.45. The number of esters is 1. The van der Waals surface area contributed by atoms with Crippen molar-refractivity contribution in [1.82, 2.24) is 0 Å². The number of ether oxygens (including phenoxy) is 1. The maximum Gasteiger partial charge on any atom is 0.316 e. The fourth-order valence-corrected chi connectivity index (χ4v) is 1.79. The monoisotopic (exact) mass is 198 g/mol. The smallest absolute Gasteiger partial charge is 0.316 e. The molecule has 1 saturated carbocycles. The summed E-state index contributed by atoms with van der Waals surface area (Å²) < 4.78 is 4.65. The quantitative estimate of drug-likeness (QED) is 0.509. The van der Waals surface area contributed by atoms with Gasteiger partial charge in [-0.2, -0.15) is 0 Å². The van der Waals surface area contributed by atoms with Crippen LogP contribution in [0.1, 0.15) is 27.2 Å². The van der Waals surface area contributed by atoms with Gasteiger partial charge in [-0.3, -0.25) is 9.59 Å². The third-order valence-electron chi connectivity index (χ3n) is 2.90. The number of rotatable bonds is 4. The largest absolute Gasteiger partial charge is 0.468 e. The fourth-order valence-electron chi connectivity index (χ4n) is 1.79. The second kappa shape index (κ2) is 4.11. The molecule has 1 rings (SSSR count). The summed E-state index contributed by atoms with van der Waals surface area (Å²) in [5, 5.41) is 0. The Bertz CT molecular complexity index is 245. The van der Waals surface area contributed by atoms with E-state index in [0.717, 1.165) is 6.42 Å². The van der Waals surface area contributed by atoms with Gasteiger partial charge in [-0.15, -0.1) is 0 Å². The maximum atomic E-state index is 11.9. The minimum Gasteiger partial charge on any atom is -0.468 e. The molecule has 80 valence electrons. The molecule has 3 nitrogen and oxygen atoms in total. The standard InChI is InChI=1S/C11H18O3/c1-6(2)9(11(13)14-4)10(12)8-5-7(8)3/h6-9H,5H2,1-4H3. The van der Waals surface area contributed by atoms with Crippen molar-refractivity contribution in [3.05, 3.63) is 0 Å². The molecule has 0 aromatic carbocycles. The molecule has 0 aliphatic heterocycles. The second-order valence-corrected chi connectivity index (χ2v) is 4.47. The Labute approximate surface area is 84.8 Å². The summed E-state index contributed by atoms with van der Waals surface area (Å²) >= 11 is 0. The van der Waals surface area contributed by atoms with E-state index in [0.29, 0.717) is 5.92 Å². The second-order valence-electron chi connectivity index (χ2n) is 4.47. The van der Waals surface area contributed by atoms with Crippen molar-refractivity contribution >= 4 is 11.8 Å². The SMILES string of the molecule is COC(=O)C(C(=O)C1CC1C)C(C)C. The van der Waals surface area contributed by atoms with Gasteiger partial charge in [-0.25, -0.2) is 0 Å². The van der Waals surface area contributed by atoms with Crippen molar-refractivity contribution in [2.45, 2.75) is 27.2 Å². The van der Waals surface area contributed by atoms with E-state index in [1.54, 1.807) is 0 Å². The molecule has 0 saturated heterocycles. The van der Waals surface area contributed by atoms with Gasteiger partial charge < -0.3 is 4.74 Å². The highest BCUT2D eigenvalue weighted by atomic mass is 16.5. The zero-order chi connectivity index (χ0) is 10.9. The first-order valence-electron chi connectivity index (χ1n) is 5.10. The molecular formula is C11H18O3. The molecule has 0 spiro atoms. The molecule has 0 aromatic rings. The van der Waals surface area contributed by atoms with Crippen LogP contribution in [0.4, 0.5) is 0 Å². The first kappa shape index (κ1) is 11.2. The van der Waals surface area contributed by atoms with Crippen LogP contribution >= 0.6 is 0 Å². The van der Waals surface area contributed by atoms with Gasteiger partial charge in [-0.05, 0) is 18.3 Å². The number of carbonyl (C=O) groups is 2. The van der Waals surface area contributed by atoms with Crippen LogP contribution in [-0.2, 0) is 14.3 Å². The molecule has 0 radical (unpaired) electrons. The first-order chi connectivity index (χ1) is 6.49. The van der Waals surface area contributed by atoms with Gasteiger partial charge >= 0.3 is 5.97 Å². The molecule has 3 unspecified atom stereocenters. The van der Waals surface area contributed by atoms with Gasteiger partial charge in [0.2, 0.25) is 0 Å². The van der Waals surface area contributed by atoms with E-state index in [9.17, 15) is 9.59 Å². The van der Waals surface area contributed by atoms with Crippen molar-refractivity contribution in [1.29, 1.82) is 0 Å². The lowest BCUT2D eigenvalue weighted by molar-refractivity contribution is -0.151. The lowest BCUT2D eigenvalue weighted by Gasteiger charge is -2.16. The third kappa shape index (κ3) is 2.14. The lowest BCUT2D eigenvalue weighted by atomic mass is 9.89. The molecular weight excluding hydrogens is 180 g/mol. The van der Waals surface area contributed by atoms with Gasteiger partial charge in [0, 0.05) is 5.92 Å². The molecule has 1 aliphatic rings. The highest BCUT2D eigenvalue weighted by Crippen LogP contribution is 2.41. The maximum absolute atomic E-state index is 11.9. The molecule has 14 heavy (non-hydrogen) atoms. The van der Waals surface area contributed by atoms with E-state index in [1.807, 2.05) is 20.8 Å². The third-order valence-corrected chi connectivity index (χ3v) is 2.90. The van der Waals surface area contributed by atoms with Crippen LogP contribution in [-0.4, -0.2) is 18.9 Å². The average Bonchev–Trinajstić information content (AvgIpc) is 2.81. The minimum atomic E-state index is -0.560. The summed E-state index contributed by atoms with van der Waals surface area (Å²) in [5.41, 5.74) is 0. The summed E-state index contributed by atoms with van der Waals surface area (Å²) in [5.74, 6) is -0.295. The number of hydrogen-bond donors (Lipinski definition) is 0. The van der Waals surface area contributed by atoms with Crippen molar-refractivity contribution < 1.29 is 14.3 Å². The Balaban J connectivity index is 2.67.